The first-order valence-corrected chi connectivity index (χ1v) is 14.5. The molecule has 206 valence electrons. The molecule has 0 radical (unpaired) electrons. The molecule has 0 atom stereocenters. The molecule has 0 saturated heterocycles. The number of benzene rings is 2. The van der Waals surface area contributed by atoms with Gasteiger partial charge in [0.2, 0.25) is 0 Å². The standard InChI is InChI=1S/C33H44O5/c1-3-5-7-8-9-11-25-36-29-21-15-27(16-22-29)32(34)38-31-23-17-28(18-24-31)33(35)37-30-19-13-26(14-20-30)12-10-6-4-2/h3,15-18,21-24,26,30H,1,4-14,19-20,25H2,2H3. The average Bonchev–Trinajstić information content (AvgIpc) is 2.94. The van der Waals surface area contributed by atoms with Crippen molar-refractivity contribution in [2.45, 2.75) is 96.5 Å². The van der Waals surface area contributed by atoms with E-state index in [-0.39, 0.29) is 12.1 Å². The molecule has 5 heteroatoms. The summed E-state index contributed by atoms with van der Waals surface area (Å²) in [5.41, 5.74) is 0.910. The third-order valence-electron chi connectivity index (χ3n) is 7.25. The maximum atomic E-state index is 12.6. The zero-order chi connectivity index (χ0) is 27.0. The number of carbonyl (C=O) groups is 2. The molecular formula is C33H44O5. The first kappa shape index (κ1) is 29.5. The van der Waals surface area contributed by atoms with Gasteiger partial charge in [0.25, 0.3) is 0 Å². The molecule has 1 saturated carbocycles. The lowest BCUT2D eigenvalue weighted by Gasteiger charge is -2.28. The summed E-state index contributed by atoms with van der Waals surface area (Å²) in [4.78, 5) is 25.1. The summed E-state index contributed by atoms with van der Waals surface area (Å²) in [5.74, 6) is 1.13. The summed E-state index contributed by atoms with van der Waals surface area (Å²) in [6.07, 6.45) is 16.8. The second-order valence-corrected chi connectivity index (χ2v) is 10.3. The number of hydrogen-bond acceptors (Lipinski definition) is 5. The van der Waals surface area contributed by atoms with Crippen LogP contribution in [0.1, 0.15) is 111 Å². The van der Waals surface area contributed by atoms with Gasteiger partial charge in [-0.15, -0.1) is 6.58 Å². The van der Waals surface area contributed by atoms with Crippen LogP contribution in [0.5, 0.6) is 11.5 Å². The lowest BCUT2D eigenvalue weighted by atomic mass is 9.84. The van der Waals surface area contributed by atoms with E-state index in [1.807, 2.05) is 6.08 Å². The van der Waals surface area contributed by atoms with E-state index in [4.69, 9.17) is 14.2 Å². The van der Waals surface area contributed by atoms with E-state index in [0.717, 1.165) is 56.6 Å². The first-order valence-electron chi connectivity index (χ1n) is 14.5. The molecule has 3 rings (SSSR count). The van der Waals surface area contributed by atoms with Crippen molar-refractivity contribution in [1.82, 2.24) is 0 Å². The summed E-state index contributed by atoms with van der Waals surface area (Å²) in [6, 6.07) is 13.5. The summed E-state index contributed by atoms with van der Waals surface area (Å²) < 4.78 is 17.0. The number of unbranched alkanes of at least 4 members (excludes halogenated alkanes) is 6. The Labute approximate surface area is 228 Å². The van der Waals surface area contributed by atoms with E-state index in [1.54, 1.807) is 48.5 Å². The quantitative estimate of drug-likeness (QED) is 0.0958. The van der Waals surface area contributed by atoms with E-state index < -0.39 is 5.97 Å². The molecule has 2 aromatic rings. The monoisotopic (exact) mass is 520 g/mol. The number of allylic oxidation sites excluding steroid dienone is 1. The van der Waals surface area contributed by atoms with Gasteiger partial charge in [-0.3, -0.25) is 0 Å². The highest BCUT2D eigenvalue weighted by atomic mass is 16.5. The number of ether oxygens (including phenoxy) is 3. The Morgan fingerprint density at radius 3 is 2.08 bits per heavy atom. The summed E-state index contributed by atoms with van der Waals surface area (Å²) >= 11 is 0. The second kappa shape index (κ2) is 16.7. The van der Waals surface area contributed by atoms with Gasteiger partial charge >= 0.3 is 11.9 Å². The minimum absolute atomic E-state index is 0.00304. The van der Waals surface area contributed by atoms with Crippen LogP contribution >= 0.6 is 0 Å². The van der Waals surface area contributed by atoms with Gasteiger partial charge in [-0.2, -0.15) is 0 Å². The topological polar surface area (TPSA) is 61.8 Å². The van der Waals surface area contributed by atoms with Crippen molar-refractivity contribution in [3.05, 3.63) is 72.3 Å². The van der Waals surface area contributed by atoms with Crippen LogP contribution in [-0.2, 0) is 4.74 Å². The highest BCUT2D eigenvalue weighted by Gasteiger charge is 2.24. The van der Waals surface area contributed by atoms with Crippen molar-refractivity contribution < 1.29 is 23.8 Å². The Morgan fingerprint density at radius 2 is 1.42 bits per heavy atom. The maximum Gasteiger partial charge on any atom is 0.343 e. The molecule has 0 bridgehead atoms. The van der Waals surface area contributed by atoms with Crippen molar-refractivity contribution in [1.29, 1.82) is 0 Å². The molecule has 1 aliphatic carbocycles. The van der Waals surface area contributed by atoms with Crippen LogP contribution in [0.25, 0.3) is 0 Å². The van der Waals surface area contributed by atoms with Crippen molar-refractivity contribution in [2.75, 3.05) is 6.61 Å². The van der Waals surface area contributed by atoms with Crippen molar-refractivity contribution >= 4 is 11.9 Å². The predicted molar refractivity (Wildman–Crippen MR) is 152 cm³/mol. The first-order chi connectivity index (χ1) is 18.6. The second-order valence-electron chi connectivity index (χ2n) is 10.3. The molecule has 1 fully saturated rings. The zero-order valence-electron chi connectivity index (χ0n) is 23.0. The summed E-state index contributed by atoms with van der Waals surface area (Å²) in [6.45, 7) is 6.63. The molecule has 0 spiro atoms. The smallest absolute Gasteiger partial charge is 0.343 e. The number of carbonyl (C=O) groups excluding carboxylic acids is 2. The van der Waals surface area contributed by atoms with E-state index in [2.05, 4.69) is 13.5 Å². The van der Waals surface area contributed by atoms with Crippen LogP contribution < -0.4 is 9.47 Å². The van der Waals surface area contributed by atoms with Crippen molar-refractivity contribution in [3.63, 3.8) is 0 Å². The Kier molecular flexibility index (Phi) is 13.0. The maximum absolute atomic E-state index is 12.6. The molecule has 38 heavy (non-hydrogen) atoms. The summed E-state index contributed by atoms with van der Waals surface area (Å²) in [7, 11) is 0. The van der Waals surface area contributed by atoms with Gasteiger partial charge in [0.1, 0.15) is 17.6 Å². The van der Waals surface area contributed by atoms with Gasteiger partial charge in [-0.25, -0.2) is 9.59 Å². The Morgan fingerprint density at radius 1 is 0.789 bits per heavy atom. The van der Waals surface area contributed by atoms with Crippen molar-refractivity contribution in [2.24, 2.45) is 5.92 Å². The molecule has 0 heterocycles. The molecular weight excluding hydrogens is 476 g/mol. The van der Waals surface area contributed by atoms with E-state index >= 15 is 0 Å². The molecule has 0 N–H and O–H groups in total. The third kappa shape index (κ3) is 10.4. The van der Waals surface area contributed by atoms with Gasteiger partial charge < -0.3 is 14.2 Å². The minimum atomic E-state index is -0.454. The fourth-order valence-corrected chi connectivity index (χ4v) is 4.89. The lowest BCUT2D eigenvalue weighted by Crippen LogP contribution is -2.24. The highest BCUT2D eigenvalue weighted by molar-refractivity contribution is 5.92. The Hall–Kier alpha value is -3.08. The van der Waals surface area contributed by atoms with Crippen LogP contribution in [0, 0.1) is 5.92 Å². The van der Waals surface area contributed by atoms with Crippen LogP contribution in [0.4, 0.5) is 0 Å². The zero-order valence-corrected chi connectivity index (χ0v) is 23.0. The fraction of sp³-hybridized carbons (Fsp3) is 0.515. The number of rotatable bonds is 16. The van der Waals surface area contributed by atoms with Crippen LogP contribution in [-0.4, -0.2) is 24.6 Å². The van der Waals surface area contributed by atoms with Crippen LogP contribution in [0.15, 0.2) is 61.2 Å². The highest BCUT2D eigenvalue weighted by Crippen LogP contribution is 2.30. The van der Waals surface area contributed by atoms with E-state index in [0.29, 0.717) is 23.5 Å². The normalized spacial score (nSPS) is 17.0. The van der Waals surface area contributed by atoms with E-state index in [1.165, 1.54) is 38.5 Å². The van der Waals surface area contributed by atoms with Gasteiger partial charge in [0, 0.05) is 0 Å². The third-order valence-corrected chi connectivity index (χ3v) is 7.25. The molecule has 0 amide bonds. The van der Waals surface area contributed by atoms with Gasteiger partial charge in [-0.1, -0.05) is 51.5 Å². The SMILES string of the molecule is C=CCCCCCCOc1ccc(C(=O)Oc2ccc(C(=O)OC3CCC(CCCCC)CC3)cc2)cc1. The van der Waals surface area contributed by atoms with Crippen LogP contribution in [0.3, 0.4) is 0 Å². The van der Waals surface area contributed by atoms with E-state index in [9.17, 15) is 9.59 Å². The number of hydrogen-bond donors (Lipinski definition) is 0. The molecule has 2 aromatic carbocycles. The number of esters is 2. The largest absolute Gasteiger partial charge is 0.494 e. The lowest BCUT2D eigenvalue weighted by molar-refractivity contribution is 0.0161. The molecule has 5 nitrogen and oxygen atoms in total. The minimum Gasteiger partial charge on any atom is -0.494 e. The molecule has 0 unspecified atom stereocenters. The Bertz CT molecular complexity index is 971. The molecule has 0 aliphatic heterocycles. The molecule has 0 aromatic heterocycles. The molecule has 1 aliphatic rings. The van der Waals surface area contributed by atoms with Crippen molar-refractivity contribution in [3.8, 4) is 11.5 Å². The van der Waals surface area contributed by atoms with Crippen LogP contribution in [0.2, 0.25) is 0 Å². The predicted octanol–water partition coefficient (Wildman–Crippen LogP) is 8.72. The Balaban J connectivity index is 1.37. The van der Waals surface area contributed by atoms with Gasteiger partial charge in [0.05, 0.1) is 17.7 Å². The fourth-order valence-electron chi connectivity index (χ4n) is 4.89. The van der Waals surface area contributed by atoms with Gasteiger partial charge in [-0.05, 0) is 99.4 Å². The average molecular weight is 521 g/mol. The van der Waals surface area contributed by atoms with Gasteiger partial charge in [0.15, 0.2) is 0 Å². The summed E-state index contributed by atoms with van der Waals surface area (Å²) in [5, 5.41) is 0.